The molecule has 0 aliphatic rings. The third-order valence-electron chi connectivity index (χ3n) is 13.3. The van der Waals surface area contributed by atoms with Crippen LogP contribution >= 0.6 is 0 Å². The molecular formula is C57H110O9. The molecule has 3 unspecified atom stereocenters. The zero-order chi connectivity index (χ0) is 48.4. The first-order chi connectivity index (χ1) is 32.2. The molecule has 0 aliphatic heterocycles. The van der Waals surface area contributed by atoms with Crippen molar-refractivity contribution in [2.75, 3.05) is 13.2 Å². The molecule has 0 heterocycles. The Morgan fingerprint density at radius 3 is 0.773 bits per heavy atom. The summed E-state index contributed by atoms with van der Waals surface area (Å²) in [5.74, 6) is -1.37. The Bertz CT molecular complexity index is 983. The van der Waals surface area contributed by atoms with Gasteiger partial charge in [0.15, 0.2) is 6.10 Å². The molecule has 66 heavy (non-hydrogen) atoms. The molecule has 0 saturated heterocycles. The second-order valence-corrected chi connectivity index (χ2v) is 20.1. The van der Waals surface area contributed by atoms with E-state index >= 15 is 0 Å². The number of carbonyl (C=O) groups is 3. The minimum absolute atomic E-state index is 0.113. The Morgan fingerprint density at radius 2 is 0.515 bits per heavy atom. The minimum atomic E-state index is -0.940. The fourth-order valence-electron chi connectivity index (χ4n) is 8.89. The lowest BCUT2D eigenvalue weighted by Gasteiger charge is -2.19. The SMILES string of the molecule is CCCCCCCCCCCCCC(O)CCCC(=O)OCC(COC(=O)CCCC(O)CCCCCCCCCCCCC)OC(=O)CCCC(O)CCCCCCCCCCCCC. The van der Waals surface area contributed by atoms with Crippen LogP contribution in [0.15, 0.2) is 0 Å². The van der Waals surface area contributed by atoms with Gasteiger partial charge >= 0.3 is 17.9 Å². The van der Waals surface area contributed by atoms with E-state index in [9.17, 15) is 29.7 Å². The number of esters is 3. The lowest BCUT2D eigenvalue weighted by atomic mass is 10.0. The van der Waals surface area contributed by atoms with Crippen molar-refractivity contribution in [2.45, 2.75) is 334 Å². The van der Waals surface area contributed by atoms with Crippen LogP contribution < -0.4 is 0 Å². The second-order valence-electron chi connectivity index (χ2n) is 20.1. The van der Waals surface area contributed by atoms with Crippen LogP contribution in [-0.4, -0.2) is 70.9 Å². The van der Waals surface area contributed by atoms with Crippen LogP contribution in [0.1, 0.15) is 310 Å². The Hall–Kier alpha value is -1.71. The smallest absolute Gasteiger partial charge is 0.306 e. The van der Waals surface area contributed by atoms with E-state index in [0.29, 0.717) is 38.5 Å². The number of hydrogen-bond acceptors (Lipinski definition) is 9. The third-order valence-corrected chi connectivity index (χ3v) is 13.3. The minimum Gasteiger partial charge on any atom is -0.462 e. The number of unbranched alkanes of at least 4 members (excludes halogenated alkanes) is 30. The quantitative estimate of drug-likeness (QED) is 0.0309. The summed E-state index contributed by atoms with van der Waals surface area (Å²) in [6, 6.07) is 0. The molecule has 0 amide bonds. The number of hydrogen-bond donors (Lipinski definition) is 3. The maximum atomic E-state index is 12.9. The highest BCUT2D eigenvalue weighted by atomic mass is 16.6. The van der Waals surface area contributed by atoms with Crippen LogP contribution in [0.3, 0.4) is 0 Å². The first-order valence-corrected chi connectivity index (χ1v) is 28.8. The Labute approximate surface area is 407 Å². The molecule has 3 atom stereocenters. The molecule has 392 valence electrons. The van der Waals surface area contributed by atoms with E-state index in [4.69, 9.17) is 14.2 Å². The van der Waals surface area contributed by atoms with Gasteiger partial charge in [-0.2, -0.15) is 0 Å². The molecule has 0 rings (SSSR count). The van der Waals surface area contributed by atoms with Gasteiger partial charge in [0.2, 0.25) is 0 Å². The fraction of sp³-hybridized carbons (Fsp3) is 0.947. The summed E-state index contributed by atoms with van der Waals surface area (Å²) >= 11 is 0. The summed E-state index contributed by atoms with van der Waals surface area (Å²) in [4.78, 5) is 38.2. The molecule has 9 heteroatoms. The van der Waals surface area contributed by atoms with Crippen molar-refractivity contribution in [1.29, 1.82) is 0 Å². The van der Waals surface area contributed by atoms with E-state index in [-0.39, 0.29) is 32.5 Å². The van der Waals surface area contributed by atoms with Crippen LogP contribution in [-0.2, 0) is 28.6 Å². The zero-order valence-corrected chi connectivity index (χ0v) is 43.8. The normalized spacial score (nSPS) is 13.4. The molecule has 0 spiro atoms. The van der Waals surface area contributed by atoms with E-state index in [2.05, 4.69) is 20.8 Å². The molecule has 0 aliphatic carbocycles. The predicted octanol–water partition coefficient (Wildman–Crippen LogP) is 15.7. The highest BCUT2D eigenvalue weighted by molar-refractivity contribution is 5.71. The maximum absolute atomic E-state index is 12.9. The van der Waals surface area contributed by atoms with Crippen molar-refractivity contribution in [1.82, 2.24) is 0 Å². The van der Waals surface area contributed by atoms with Gasteiger partial charge in [-0.3, -0.25) is 14.4 Å². The number of aliphatic hydroxyl groups is 3. The van der Waals surface area contributed by atoms with Gasteiger partial charge in [-0.25, -0.2) is 0 Å². The molecule has 0 fully saturated rings. The highest BCUT2D eigenvalue weighted by Crippen LogP contribution is 2.18. The third kappa shape index (κ3) is 48.7. The number of rotatable bonds is 53. The molecule has 9 nitrogen and oxygen atoms in total. The summed E-state index contributed by atoms with van der Waals surface area (Å²) in [7, 11) is 0. The maximum Gasteiger partial charge on any atom is 0.306 e. The van der Waals surface area contributed by atoms with Crippen LogP contribution in [0.2, 0.25) is 0 Å². The predicted molar refractivity (Wildman–Crippen MR) is 275 cm³/mol. The average molecular weight is 939 g/mol. The van der Waals surface area contributed by atoms with Gasteiger partial charge in [0.25, 0.3) is 0 Å². The van der Waals surface area contributed by atoms with Crippen LogP contribution in [0.5, 0.6) is 0 Å². The molecule has 0 saturated carbocycles. The molecule has 0 radical (unpaired) electrons. The largest absolute Gasteiger partial charge is 0.462 e. The van der Waals surface area contributed by atoms with E-state index in [0.717, 1.165) is 57.8 Å². The van der Waals surface area contributed by atoms with E-state index < -0.39 is 42.3 Å². The Morgan fingerprint density at radius 1 is 0.303 bits per heavy atom. The first kappa shape index (κ1) is 64.3. The molecule has 0 aromatic rings. The number of carbonyl (C=O) groups excluding carboxylic acids is 3. The Balaban J connectivity index is 4.55. The number of aliphatic hydroxyl groups excluding tert-OH is 3. The van der Waals surface area contributed by atoms with Gasteiger partial charge in [0.1, 0.15) is 13.2 Å². The lowest BCUT2D eigenvalue weighted by Crippen LogP contribution is -2.31. The van der Waals surface area contributed by atoms with Crippen LogP contribution in [0.4, 0.5) is 0 Å². The lowest BCUT2D eigenvalue weighted by molar-refractivity contribution is -0.167. The molecule has 3 N–H and O–H groups in total. The van der Waals surface area contributed by atoms with Crippen molar-refractivity contribution < 1.29 is 43.9 Å². The van der Waals surface area contributed by atoms with Crippen molar-refractivity contribution in [3.63, 3.8) is 0 Å². The van der Waals surface area contributed by atoms with Gasteiger partial charge < -0.3 is 29.5 Å². The highest BCUT2D eigenvalue weighted by Gasteiger charge is 2.20. The van der Waals surface area contributed by atoms with Crippen molar-refractivity contribution in [3.05, 3.63) is 0 Å². The summed E-state index contributed by atoms with van der Waals surface area (Å²) < 4.78 is 16.6. The van der Waals surface area contributed by atoms with Gasteiger partial charge in [0.05, 0.1) is 18.3 Å². The molecule has 0 aromatic carbocycles. The summed E-state index contributed by atoms with van der Waals surface area (Å²) in [6.07, 6.45) is 45.1. The van der Waals surface area contributed by atoms with E-state index in [1.165, 1.54) is 173 Å². The van der Waals surface area contributed by atoms with Crippen molar-refractivity contribution in [3.8, 4) is 0 Å². The van der Waals surface area contributed by atoms with Crippen molar-refractivity contribution >= 4 is 17.9 Å². The Kier molecular flexibility index (Phi) is 49.8. The van der Waals surface area contributed by atoms with Gasteiger partial charge in [-0.15, -0.1) is 0 Å². The summed E-state index contributed by atoms with van der Waals surface area (Å²) in [6.45, 7) is 6.30. The van der Waals surface area contributed by atoms with Crippen molar-refractivity contribution in [2.24, 2.45) is 0 Å². The van der Waals surface area contributed by atoms with Gasteiger partial charge in [-0.1, -0.05) is 233 Å². The standard InChI is InChI=1S/C57H110O9/c1-4-7-10-13-16-19-22-25-28-31-34-40-51(58)43-37-46-55(61)64-49-54(66-57(63)48-39-45-53(60)42-36-33-30-27-24-21-18-15-12-9-6-3)50-65-56(62)47-38-44-52(59)41-35-32-29-26-23-20-17-14-11-8-5-2/h51-54,58-60H,4-50H2,1-3H3. The zero-order valence-electron chi connectivity index (χ0n) is 43.8. The summed E-state index contributed by atoms with van der Waals surface area (Å²) in [5.41, 5.74) is 0. The van der Waals surface area contributed by atoms with E-state index in [1.807, 2.05) is 0 Å². The van der Waals surface area contributed by atoms with Gasteiger partial charge in [0, 0.05) is 19.3 Å². The summed E-state index contributed by atoms with van der Waals surface area (Å²) in [5, 5.41) is 31.5. The van der Waals surface area contributed by atoms with E-state index in [1.54, 1.807) is 0 Å². The first-order valence-electron chi connectivity index (χ1n) is 28.8. The molecule has 0 bridgehead atoms. The molecular weight excluding hydrogens is 829 g/mol. The van der Waals surface area contributed by atoms with Crippen LogP contribution in [0, 0.1) is 0 Å². The molecule has 0 aromatic heterocycles. The van der Waals surface area contributed by atoms with Gasteiger partial charge in [-0.05, 0) is 57.8 Å². The topological polar surface area (TPSA) is 140 Å². The monoisotopic (exact) mass is 939 g/mol. The average Bonchev–Trinajstić information content (AvgIpc) is 3.30. The fourth-order valence-corrected chi connectivity index (χ4v) is 8.89. The second kappa shape index (κ2) is 51.1. The van der Waals surface area contributed by atoms with Crippen LogP contribution in [0.25, 0.3) is 0 Å². The number of ether oxygens (including phenoxy) is 3.